The lowest BCUT2D eigenvalue weighted by Crippen LogP contribution is -2.21. The van der Waals surface area contributed by atoms with Gasteiger partial charge in [-0.2, -0.15) is 0 Å². The second kappa shape index (κ2) is 5.95. The van der Waals surface area contributed by atoms with Crippen LogP contribution in [-0.2, 0) is 0 Å². The van der Waals surface area contributed by atoms with Crippen molar-refractivity contribution in [2.24, 2.45) is 5.11 Å². The van der Waals surface area contributed by atoms with Crippen molar-refractivity contribution in [1.82, 2.24) is 0 Å². The highest BCUT2D eigenvalue weighted by Crippen LogP contribution is 2.30. The Kier molecular flexibility index (Phi) is 4.59. The summed E-state index contributed by atoms with van der Waals surface area (Å²) in [7, 11) is 1.44. The SMILES string of the molecule is COc1ccc(O)c(C(O)C(O)CN=[N+]=[N-])c1. The molecule has 7 heteroatoms. The summed E-state index contributed by atoms with van der Waals surface area (Å²) >= 11 is 0. The van der Waals surface area contributed by atoms with Crippen LogP contribution in [0.2, 0.25) is 0 Å². The molecule has 17 heavy (non-hydrogen) atoms. The van der Waals surface area contributed by atoms with E-state index >= 15 is 0 Å². The van der Waals surface area contributed by atoms with E-state index in [2.05, 4.69) is 10.0 Å². The summed E-state index contributed by atoms with van der Waals surface area (Å²) in [6, 6.07) is 4.27. The molecular formula is C10H13N3O4. The molecule has 3 N–H and O–H groups in total. The fourth-order valence-electron chi connectivity index (χ4n) is 1.32. The van der Waals surface area contributed by atoms with Crippen LogP contribution in [0.4, 0.5) is 0 Å². The highest BCUT2D eigenvalue weighted by atomic mass is 16.5. The fourth-order valence-corrected chi connectivity index (χ4v) is 1.32. The minimum Gasteiger partial charge on any atom is -0.508 e. The van der Waals surface area contributed by atoms with Crippen molar-refractivity contribution < 1.29 is 20.1 Å². The highest BCUT2D eigenvalue weighted by Gasteiger charge is 2.21. The van der Waals surface area contributed by atoms with E-state index in [-0.39, 0.29) is 17.9 Å². The quantitative estimate of drug-likeness (QED) is 0.405. The monoisotopic (exact) mass is 239 g/mol. The molecule has 0 spiro atoms. The lowest BCUT2D eigenvalue weighted by molar-refractivity contribution is 0.0229. The van der Waals surface area contributed by atoms with E-state index in [0.717, 1.165) is 0 Å². The van der Waals surface area contributed by atoms with Gasteiger partial charge in [0, 0.05) is 10.5 Å². The first-order valence-electron chi connectivity index (χ1n) is 4.84. The van der Waals surface area contributed by atoms with Crippen molar-refractivity contribution in [2.45, 2.75) is 12.2 Å². The zero-order valence-corrected chi connectivity index (χ0v) is 9.19. The Morgan fingerprint density at radius 1 is 1.47 bits per heavy atom. The number of aliphatic hydroxyl groups excluding tert-OH is 2. The number of aromatic hydroxyl groups is 1. The Balaban J connectivity index is 2.93. The van der Waals surface area contributed by atoms with Gasteiger partial charge in [0.05, 0.1) is 19.8 Å². The lowest BCUT2D eigenvalue weighted by atomic mass is 10.0. The lowest BCUT2D eigenvalue weighted by Gasteiger charge is -2.17. The molecule has 92 valence electrons. The molecule has 1 rings (SSSR count). The van der Waals surface area contributed by atoms with Gasteiger partial charge in [-0.25, -0.2) is 0 Å². The highest BCUT2D eigenvalue weighted by molar-refractivity contribution is 5.41. The molecule has 0 saturated heterocycles. The van der Waals surface area contributed by atoms with E-state index in [0.29, 0.717) is 5.75 Å². The van der Waals surface area contributed by atoms with Gasteiger partial charge in [0.25, 0.3) is 0 Å². The van der Waals surface area contributed by atoms with Gasteiger partial charge in [-0.05, 0) is 23.7 Å². The molecule has 0 amide bonds. The molecule has 0 aliphatic heterocycles. The van der Waals surface area contributed by atoms with E-state index in [4.69, 9.17) is 10.3 Å². The summed E-state index contributed by atoms with van der Waals surface area (Å²) in [4.78, 5) is 2.47. The summed E-state index contributed by atoms with van der Waals surface area (Å²) in [5, 5.41) is 32.0. The maximum Gasteiger partial charge on any atom is 0.121 e. The average molecular weight is 239 g/mol. The first kappa shape index (κ1) is 13.1. The maximum absolute atomic E-state index is 9.77. The van der Waals surface area contributed by atoms with Gasteiger partial charge in [-0.1, -0.05) is 5.11 Å². The molecule has 0 aromatic heterocycles. The molecule has 7 nitrogen and oxygen atoms in total. The predicted octanol–water partition coefficient (Wildman–Crippen LogP) is 1.11. The van der Waals surface area contributed by atoms with E-state index < -0.39 is 12.2 Å². The Labute approximate surface area is 97.5 Å². The van der Waals surface area contributed by atoms with Crippen LogP contribution in [0.15, 0.2) is 23.3 Å². The minimum absolute atomic E-state index is 0.116. The van der Waals surface area contributed by atoms with E-state index in [1.165, 1.54) is 25.3 Å². The number of ether oxygens (including phenoxy) is 1. The van der Waals surface area contributed by atoms with Crippen LogP contribution in [0.25, 0.3) is 10.4 Å². The van der Waals surface area contributed by atoms with Gasteiger partial charge >= 0.3 is 0 Å². The van der Waals surface area contributed by atoms with Crippen LogP contribution in [0.1, 0.15) is 11.7 Å². The third-order valence-electron chi connectivity index (χ3n) is 2.25. The van der Waals surface area contributed by atoms with Crippen molar-refractivity contribution in [3.8, 4) is 11.5 Å². The number of aliphatic hydroxyl groups is 2. The molecular weight excluding hydrogens is 226 g/mol. The Hall–Kier alpha value is -1.95. The van der Waals surface area contributed by atoms with Gasteiger partial charge in [0.2, 0.25) is 0 Å². The van der Waals surface area contributed by atoms with Crippen LogP contribution >= 0.6 is 0 Å². The summed E-state index contributed by atoms with van der Waals surface area (Å²) in [5.41, 5.74) is 8.22. The summed E-state index contributed by atoms with van der Waals surface area (Å²) in [6.45, 7) is -0.283. The van der Waals surface area contributed by atoms with Crippen LogP contribution in [0.5, 0.6) is 11.5 Å². The number of azide groups is 1. The Morgan fingerprint density at radius 2 is 2.18 bits per heavy atom. The third kappa shape index (κ3) is 3.25. The zero-order valence-electron chi connectivity index (χ0n) is 9.19. The molecule has 0 fully saturated rings. The summed E-state index contributed by atoms with van der Waals surface area (Å²) < 4.78 is 4.94. The van der Waals surface area contributed by atoms with Gasteiger partial charge < -0.3 is 20.1 Å². The van der Waals surface area contributed by atoms with Crippen molar-refractivity contribution in [3.05, 3.63) is 34.2 Å². The molecule has 0 radical (unpaired) electrons. The van der Waals surface area contributed by atoms with Gasteiger partial charge in [0.1, 0.15) is 17.6 Å². The Bertz CT molecular complexity index is 432. The molecule has 0 heterocycles. The molecule has 0 aliphatic rings. The molecule has 2 unspecified atom stereocenters. The second-order valence-corrected chi connectivity index (χ2v) is 3.35. The summed E-state index contributed by atoms with van der Waals surface area (Å²) in [5.74, 6) is 0.270. The average Bonchev–Trinajstić information content (AvgIpc) is 2.35. The largest absolute Gasteiger partial charge is 0.508 e. The number of hydrogen-bond acceptors (Lipinski definition) is 5. The first-order valence-corrected chi connectivity index (χ1v) is 4.84. The number of methoxy groups -OCH3 is 1. The molecule has 1 aromatic carbocycles. The number of phenolic OH excluding ortho intramolecular Hbond substituents is 1. The Morgan fingerprint density at radius 3 is 2.76 bits per heavy atom. The number of hydrogen-bond donors (Lipinski definition) is 3. The fraction of sp³-hybridized carbons (Fsp3) is 0.400. The molecule has 2 atom stereocenters. The third-order valence-corrected chi connectivity index (χ3v) is 2.25. The van der Waals surface area contributed by atoms with Crippen molar-refractivity contribution in [1.29, 1.82) is 0 Å². The maximum atomic E-state index is 9.77. The van der Waals surface area contributed by atoms with Gasteiger partial charge in [-0.3, -0.25) is 0 Å². The van der Waals surface area contributed by atoms with E-state index in [9.17, 15) is 15.3 Å². The first-order chi connectivity index (χ1) is 8.10. The number of nitrogens with zero attached hydrogens (tertiary/aromatic N) is 3. The van der Waals surface area contributed by atoms with Crippen LogP contribution in [-0.4, -0.2) is 35.1 Å². The van der Waals surface area contributed by atoms with E-state index in [1.807, 2.05) is 0 Å². The minimum atomic E-state index is -1.35. The summed E-state index contributed by atoms with van der Waals surface area (Å²) in [6.07, 6.45) is -2.64. The normalized spacial score (nSPS) is 13.6. The van der Waals surface area contributed by atoms with Crippen molar-refractivity contribution in [3.63, 3.8) is 0 Å². The second-order valence-electron chi connectivity index (χ2n) is 3.35. The zero-order chi connectivity index (χ0) is 12.8. The molecule has 1 aromatic rings. The molecule has 0 saturated carbocycles. The number of rotatable bonds is 5. The van der Waals surface area contributed by atoms with Gasteiger partial charge in [0.15, 0.2) is 0 Å². The van der Waals surface area contributed by atoms with Crippen molar-refractivity contribution >= 4 is 0 Å². The number of benzene rings is 1. The molecule has 0 aliphatic carbocycles. The van der Waals surface area contributed by atoms with Crippen LogP contribution in [0.3, 0.4) is 0 Å². The smallest absolute Gasteiger partial charge is 0.121 e. The van der Waals surface area contributed by atoms with Crippen LogP contribution < -0.4 is 4.74 Å². The van der Waals surface area contributed by atoms with Gasteiger partial charge in [-0.15, -0.1) is 0 Å². The number of phenols is 1. The van der Waals surface area contributed by atoms with Crippen molar-refractivity contribution in [2.75, 3.05) is 13.7 Å². The standard InChI is InChI=1S/C10H13N3O4/c1-17-6-2-3-8(14)7(4-6)10(16)9(15)5-12-13-11/h2-4,9-10,14-16H,5H2,1H3. The molecule has 0 bridgehead atoms. The topological polar surface area (TPSA) is 119 Å². The van der Waals surface area contributed by atoms with Crippen LogP contribution in [0, 0.1) is 0 Å². The van der Waals surface area contributed by atoms with E-state index in [1.54, 1.807) is 0 Å². The predicted molar refractivity (Wildman–Crippen MR) is 59.6 cm³/mol.